The van der Waals surface area contributed by atoms with E-state index < -0.39 is 0 Å². The van der Waals surface area contributed by atoms with Gasteiger partial charge in [0.15, 0.2) is 0 Å². The van der Waals surface area contributed by atoms with E-state index in [1.807, 2.05) is 0 Å². The van der Waals surface area contributed by atoms with Crippen molar-refractivity contribution in [1.29, 1.82) is 0 Å². The lowest BCUT2D eigenvalue weighted by Crippen LogP contribution is -2.25. The molecule has 0 N–H and O–H groups in total. The molecule has 0 saturated heterocycles. The van der Waals surface area contributed by atoms with E-state index in [0.717, 1.165) is 23.7 Å². The molecule has 0 aromatic heterocycles. The minimum Gasteiger partial charge on any atom is -0.0885 e. The van der Waals surface area contributed by atoms with Gasteiger partial charge in [-0.05, 0) is 68.6 Å². The van der Waals surface area contributed by atoms with Crippen LogP contribution in [-0.4, -0.2) is 0 Å². The van der Waals surface area contributed by atoms with Gasteiger partial charge in [0.25, 0.3) is 0 Å². The van der Waals surface area contributed by atoms with Gasteiger partial charge < -0.3 is 0 Å². The Hall–Kier alpha value is -0.260. The summed E-state index contributed by atoms with van der Waals surface area (Å²) in [7, 11) is 0. The molecule has 3 rings (SSSR count). The van der Waals surface area contributed by atoms with Crippen molar-refractivity contribution in [3.63, 3.8) is 0 Å². The summed E-state index contributed by atoms with van der Waals surface area (Å²) in [6.07, 6.45) is 21.5. The summed E-state index contributed by atoms with van der Waals surface area (Å²) < 4.78 is 0. The fraction of sp³-hybridized carbons (Fsp3) is 0.882. The Bertz CT molecular complexity index is 251. The van der Waals surface area contributed by atoms with Crippen molar-refractivity contribution in [2.24, 2.45) is 23.7 Å². The van der Waals surface area contributed by atoms with Gasteiger partial charge in [-0.2, -0.15) is 0 Å². The van der Waals surface area contributed by atoms with Gasteiger partial charge in [0.2, 0.25) is 0 Å². The van der Waals surface area contributed by atoms with Crippen LogP contribution in [0.15, 0.2) is 12.2 Å². The number of rotatable bonds is 2. The Morgan fingerprint density at radius 1 is 0.529 bits per heavy atom. The zero-order valence-electron chi connectivity index (χ0n) is 11.2. The van der Waals surface area contributed by atoms with Crippen molar-refractivity contribution in [2.75, 3.05) is 0 Å². The van der Waals surface area contributed by atoms with E-state index in [1.54, 1.807) is 38.5 Å². The van der Waals surface area contributed by atoms with Crippen molar-refractivity contribution in [3.05, 3.63) is 12.2 Å². The molecule has 96 valence electrons. The van der Waals surface area contributed by atoms with Crippen LogP contribution in [0.5, 0.6) is 0 Å². The largest absolute Gasteiger partial charge is 0.0885 e. The first-order valence-electron chi connectivity index (χ1n) is 8.08. The normalized spacial score (nSPS) is 39.6. The van der Waals surface area contributed by atoms with Gasteiger partial charge in [-0.25, -0.2) is 0 Å². The highest BCUT2D eigenvalue weighted by Gasteiger charge is 2.32. The SMILES string of the molecule is C1=CCC(C2CCC(C3CCCC3)CC2)CC1. The molecule has 2 saturated carbocycles. The molecule has 0 aromatic carbocycles. The molecule has 0 spiro atoms. The highest BCUT2D eigenvalue weighted by atomic mass is 14.4. The Balaban J connectivity index is 1.48. The summed E-state index contributed by atoms with van der Waals surface area (Å²) in [6, 6.07) is 0. The molecular weight excluding hydrogens is 204 g/mol. The number of hydrogen-bond acceptors (Lipinski definition) is 0. The average Bonchev–Trinajstić information content (AvgIpc) is 2.94. The van der Waals surface area contributed by atoms with E-state index in [2.05, 4.69) is 12.2 Å². The zero-order valence-corrected chi connectivity index (χ0v) is 11.2. The smallest absolute Gasteiger partial charge is 0.0319 e. The van der Waals surface area contributed by atoms with Gasteiger partial charge >= 0.3 is 0 Å². The molecule has 2 fully saturated rings. The molecule has 0 aliphatic heterocycles. The lowest BCUT2D eigenvalue weighted by Gasteiger charge is -2.36. The van der Waals surface area contributed by atoms with Gasteiger partial charge in [-0.15, -0.1) is 0 Å². The van der Waals surface area contributed by atoms with Crippen molar-refractivity contribution >= 4 is 0 Å². The Morgan fingerprint density at radius 3 is 1.71 bits per heavy atom. The first-order chi connectivity index (χ1) is 8.43. The highest BCUT2D eigenvalue weighted by Crippen LogP contribution is 2.44. The second-order valence-electron chi connectivity index (χ2n) is 6.76. The van der Waals surface area contributed by atoms with Crippen LogP contribution >= 0.6 is 0 Å². The second-order valence-corrected chi connectivity index (χ2v) is 6.76. The number of allylic oxidation sites excluding steroid dienone is 2. The predicted molar refractivity (Wildman–Crippen MR) is 73.9 cm³/mol. The quantitative estimate of drug-likeness (QED) is 0.564. The van der Waals surface area contributed by atoms with Gasteiger partial charge in [0.05, 0.1) is 0 Å². The lowest BCUT2D eigenvalue weighted by molar-refractivity contribution is 0.157. The van der Waals surface area contributed by atoms with Crippen LogP contribution < -0.4 is 0 Å². The third-order valence-corrected chi connectivity index (χ3v) is 5.86. The molecule has 0 aromatic rings. The first-order valence-corrected chi connectivity index (χ1v) is 8.08. The standard InChI is InChI=1S/C17H28/c1-2-6-14(7-3-1)16-10-12-17(13-11-16)15-8-4-5-9-15/h1-2,14-17H,3-13H2. The van der Waals surface area contributed by atoms with E-state index in [4.69, 9.17) is 0 Å². The van der Waals surface area contributed by atoms with Gasteiger partial charge in [0, 0.05) is 0 Å². The Labute approximate surface area is 107 Å². The molecule has 1 unspecified atom stereocenters. The van der Waals surface area contributed by atoms with Crippen LogP contribution in [0, 0.1) is 23.7 Å². The first kappa shape index (κ1) is 11.8. The van der Waals surface area contributed by atoms with E-state index >= 15 is 0 Å². The van der Waals surface area contributed by atoms with E-state index in [9.17, 15) is 0 Å². The van der Waals surface area contributed by atoms with Gasteiger partial charge in [-0.3, -0.25) is 0 Å². The van der Waals surface area contributed by atoms with Crippen LogP contribution in [0.25, 0.3) is 0 Å². The topological polar surface area (TPSA) is 0 Å². The van der Waals surface area contributed by atoms with Gasteiger partial charge in [0.1, 0.15) is 0 Å². The van der Waals surface area contributed by atoms with E-state index in [1.165, 1.54) is 32.1 Å². The highest BCUT2D eigenvalue weighted by molar-refractivity contribution is 4.93. The lowest BCUT2D eigenvalue weighted by atomic mass is 9.69. The molecule has 0 amide bonds. The Kier molecular flexibility index (Phi) is 3.88. The molecule has 0 radical (unpaired) electrons. The van der Waals surface area contributed by atoms with Crippen LogP contribution in [0.1, 0.15) is 70.6 Å². The minimum atomic E-state index is 1.05. The van der Waals surface area contributed by atoms with Crippen LogP contribution in [0.3, 0.4) is 0 Å². The van der Waals surface area contributed by atoms with Gasteiger partial charge in [-0.1, -0.05) is 37.8 Å². The maximum Gasteiger partial charge on any atom is -0.0319 e. The summed E-state index contributed by atoms with van der Waals surface area (Å²) in [5, 5.41) is 0. The fourth-order valence-corrected chi connectivity index (χ4v) is 4.76. The van der Waals surface area contributed by atoms with Crippen molar-refractivity contribution in [2.45, 2.75) is 70.6 Å². The molecule has 0 heteroatoms. The minimum absolute atomic E-state index is 1.05. The van der Waals surface area contributed by atoms with Crippen LogP contribution in [0.4, 0.5) is 0 Å². The fourth-order valence-electron chi connectivity index (χ4n) is 4.76. The monoisotopic (exact) mass is 232 g/mol. The molecule has 17 heavy (non-hydrogen) atoms. The van der Waals surface area contributed by atoms with Crippen LogP contribution in [-0.2, 0) is 0 Å². The average molecular weight is 232 g/mol. The summed E-state index contributed by atoms with van der Waals surface area (Å²) in [5.74, 6) is 4.37. The summed E-state index contributed by atoms with van der Waals surface area (Å²) in [6.45, 7) is 0. The Morgan fingerprint density at radius 2 is 1.12 bits per heavy atom. The van der Waals surface area contributed by atoms with E-state index in [-0.39, 0.29) is 0 Å². The molecule has 0 bridgehead atoms. The summed E-state index contributed by atoms with van der Waals surface area (Å²) in [4.78, 5) is 0. The third-order valence-electron chi connectivity index (χ3n) is 5.86. The molecule has 0 heterocycles. The summed E-state index contributed by atoms with van der Waals surface area (Å²) >= 11 is 0. The van der Waals surface area contributed by atoms with Crippen molar-refractivity contribution in [3.8, 4) is 0 Å². The maximum atomic E-state index is 2.44. The molecule has 3 aliphatic rings. The zero-order chi connectivity index (χ0) is 11.5. The van der Waals surface area contributed by atoms with Crippen LogP contribution in [0.2, 0.25) is 0 Å². The summed E-state index contributed by atoms with van der Waals surface area (Å²) in [5.41, 5.74) is 0. The third kappa shape index (κ3) is 2.77. The number of hydrogen-bond donors (Lipinski definition) is 0. The molecule has 0 nitrogen and oxygen atoms in total. The van der Waals surface area contributed by atoms with E-state index in [0.29, 0.717) is 0 Å². The molecule has 1 atom stereocenters. The van der Waals surface area contributed by atoms with Crippen molar-refractivity contribution in [1.82, 2.24) is 0 Å². The second kappa shape index (κ2) is 5.59. The maximum absolute atomic E-state index is 2.44. The predicted octanol–water partition coefficient (Wildman–Crippen LogP) is 5.34. The van der Waals surface area contributed by atoms with Crippen molar-refractivity contribution < 1.29 is 0 Å². The molecule has 3 aliphatic carbocycles. The molecular formula is C17H28.